The summed E-state index contributed by atoms with van der Waals surface area (Å²) in [7, 11) is 1.57. The Morgan fingerprint density at radius 1 is 1.62 bits per heavy atom. The van der Waals surface area contributed by atoms with Crippen molar-refractivity contribution in [1.29, 1.82) is 5.26 Å². The van der Waals surface area contributed by atoms with Gasteiger partial charge in [0, 0.05) is 0 Å². The Morgan fingerprint density at radius 3 is 2.92 bits per heavy atom. The molecule has 0 bridgehead atoms. The Morgan fingerprint density at radius 2 is 2.38 bits per heavy atom. The number of hydrazine groups is 1. The molecular formula is C9H11N3O. The van der Waals surface area contributed by atoms with E-state index in [1.165, 1.54) is 0 Å². The van der Waals surface area contributed by atoms with Crippen LogP contribution >= 0.6 is 0 Å². The Balaban J connectivity index is 3.00. The zero-order valence-corrected chi connectivity index (χ0v) is 7.37. The lowest BCUT2D eigenvalue weighted by molar-refractivity contribution is 0.416. The van der Waals surface area contributed by atoms with Crippen molar-refractivity contribution >= 4 is 5.69 Å². The maximum Gasteiger partial charge on any atom is 0.143 e. The molecule has 0 aromatic heterocycles. The first-order chi connectivity index (χ1) is 6.31. The van der Waals surface area contributed by atoms with E-state index in [1.807, 2.05) is 6.07 Å². The molecule has 1 aromatic rings. The Hall–Kier alpha value is -1.73. The second-order valence-corrected chi connectivity index (χ2v) is 2.51. The molecule has 4 nitrogen and oxygen atoms in total. The van der Waals surface area contributed by atoms with Gasteiger partial charge in [0.2, 0.25) is 0 Å². The fraction of sp³-hybridized carbons (Fsp3) is 0.222. The monoisotopic (exact) mass is 177 g/mol. The van der Waals surface area contributed by atoms with Crippen molar-refractivity contribution in [2.24, 2.45) is 5.84 Å². The summed E-state index contributed by atoms with van der Waals surface area (Å²) in [5.41, 5.74) is 4.11. The lowest BCUT2D eigenvalue weighted by Crippen LogP contribution is -2.08. The van der Waals surface area contributed by atoms with E-state index in [9.17, 15) is 0 Å². The van der Waals surface area contributed by atoms with E-state index in [-0.39, 0.29) is 0 Å². The van der Waals surface area contributed by atoms with Gasteiger partial charge in [-0.2, -0.15) is 5.26 Å². The number of hydrogen-bond donors (Lipinski definition) is 2. The molecule has 0 saturated carbocycles. The molecule has 0 saturated heterocycles. The van der Waals surface area contributed by atoms with Crippen LogP contribution in [0.3, 0.4) is 0 Å². The number of benzene rings is 1. The summed E-state index contributed by atoms with van der Waals surface area (Å²) in [6.45, 7) is 0. The van der Waals surface area contributed by atoms with Crippen molar-refractivity contribution in [2.45, 2.75) is 6.42 Å². The van der Waals surface area contributed by atoms with E-state index in [2.05, 4.69) is 11.5 Å². The molecule has 0 heterocycles. The molecule has 3 N–H and O–H groups in total. The normalized spacial score (nSPS) is 9.00. The van der Waals surface area contributed by atoms with Crippen LogP contribution in [-0.4, -0.2) is 7.11 Å². The van der Waals surface area contributed by atoms with Crippen LogP contribution in [0.4, 0.5) is 5.69 Å². The van der Waals surface area contributed by atoms with E-state index in [4.69, 9.17) is 15.8 Å². The number of nitriles is 1. The SMILES string of the molecule is COc1ccc(CC#N)cc1NN. The third kappa shape index (κ3) is 2.10. The van der Waals surface area contributed by atoms with Crippen molar-refractivity contribution in [3.8, 4) is 11.8 Å². The molecule has 1 rings (SSSR count). The molecule has 4 heteroatoms. The number of rotatable bonds is 3. The lowest BCUT2D eigenvalue weighted by atomic mass is 10.1. The summed E-state index contributed by atoms with van der Waals surface area (Å²) >= 11 is 0. The Kier molecular flexibility index (Phi) is 3.12. The van der Waals surface area contributed by atoms with E-state index >= 15 is 0 Å². The van der Waals surface area contributed by atoms with Crippen molar-refractivity contribution in [3.05, 3.63) is 23.8 Å². The van der Waals surface area contributed by atoms with Gasteiger partial charge in [0.15, 0.2) is 0 Å². The predicted octanol–water partition coefficient (Wildman–Crippen LogP) is 1.05. The number of nitrogens with one attached hydrogen (secondary N) is 1. The van der Waals surface area contributed by atoms with E-state index in [1.54, 1.807) is 19.2 Å². The van der Waals surface area contributed by atoms with Gasteiger partial charge in [0.05, 0.1) is 25.3 Å². The van der Waals surface area contributed by atoms with Crippen molar-refractivity contribution < 1.29 is 4.74 Å². The van der Waals surface area contributed by atoms with Gasteiger partial charge >= 0.3 is 0 Å². The molecule has 0 amide bonds. The first kappa shape index (κ1) is 9.36. The minimum atomic E-state index is 0.374. The smallest absolute Gasteiger partial charge is 0.143 e. The Labute approximate surface area is 76.9 Å². The van der Waals surface area contributed by atoms with E-state index in [0.717, 1.165) is 5.56 Å². The number of nitrogen functional groups attached to an aromatic ring is 1. The second kappa shape index (κ2) is 4.33. The van der Waals surface area contributed by atoms with Gasteiger partial charge in [-0.05, 0) is 17.7 Å². The number of methoxy groups -OCH3 is 1. The van der Waals surface area contributed by atoms with Gasteiger partial charge in [0.1, 0.15) is 5.75 Å². The highest BCUT2D eigenvalue weighted by Gasteiger charge is 2.01. The maximum absolute atomic E-state index is 8.48. The van der Waals surface area contributed by atoms with Gasteiger partial charge in [-0.15, -0.1) is 0 Å². The molecule has 0 unspecified atom stereocenters. The van der Waals surface area contributed by atoms with Crippen LogP contribution in [0.15, 0.2) is 18.2 Å². The van der Waals surface area contributed by atoms with Crippen LogP contribution in [0, 0.1) is 11.3 Å². The number of nitrogens with zero attached hydrogens (tertiary/aromatic N) is 1. The third-order valence-corrected chi connectivity index (χ3v) is 1.70. The van der Waals surface area contributed by atoms with Gasteiger partial charge in [-0.1, -0.05) is 6.07 Å². The van der Waals surface area contributed by atoms with Gasteiger partial charge in [-0.3, -0.25) is 5.84 Å². The highest BCUT2D eigenvalue weighted by atomic mass is 16.5. The molecule has 0 fully saturated rings. The minimum absolute atomic E-state index is 0.374. The fourth-order valence-electron chi connectivity index (χ4n) is 1.07. The summed E-state index contributed by atoms with van der Waals surface area (Å²) in [5, 5.41) is 8.48. The first-order valence-corrected chi connectivity index (χ1v) is 3.82. The van der Waals surface area contributed by atoms with Crippen LogP contribution < -0.4 is 16.0 Å². The molecule has 1 aromatic carbocycles. The standard InChI is InChI=1S/C9H11N3O/c1-13-9-3-2-7(4-5-10)6-8(9)12-11/h2-3,6,12H,4,11H2,1H3. The summed E-state index contributed by atoms with van der Waals surface area (Å²) in [4.78, 5) is 0. The largest absolute Gasteiger partial charge is 0.495 e. The van der Waals surface area contributed by atoms with Crippen LogP contribution in [0.25, 0.3) is 0 Å². The third-order valence-electron chi connectivity index (χ3n) is 1.70. The van der Waals surface area contributed by atoms with E-state index < -0.39 is 0 Å². The quantitative estimate of drug-likeness (QED) is 0.534. The first-order valence-electron chi connectivity index (χ1n) is 3.82. The van der Waals surface area contributed by atoms with Crippen LogP contribution in [0.1, 0.15) is 5.56 Å². The van der Waals surface area contributed by atoms with E-state index in [0.29, 0.717) is 17.9 Å². The van der Waals surface area contributed by atoms with Crippen molar-refractivity contribution in [2.75, 3.05) is 12.5 Å². The average molecular weight is 177 g/mol. The summed E-state index contributed by atoms with van der Waals surface area (Å²) < 4.78 is 5.04. The topological polar surface area (TPSA) is 71.1 Å². The highest BCUT2D eigenvalue weighted by Crippen LogP contribution is 2.24. The number of nitrogens with two attached hydrogens (primary N) is 1. The molecule has 0 aliphatic carbocycles. The molecular weight excluding hydrogens is 166 g/mol. The molecule has 68 valence electrons. The van der Waals surface area contributed by atoms with Gasteiger partial charge in [-0.25, -0.2) is 0 Å². The molecule has 13 heavy (non-hydrogen) atoms. The highest BCUT2D eigenvalue weighted by molar-refractivity contribution is 5.57. The predicted molar refractivity (Wildman–Crippen MR) is 50.1 cm³/mol. The molecule has 0 spiro atoms. The van der Waals surface area contributed by atoms with Crippen molar-refractivity contribution in [1.82, 2.24) is 0 Å². The van der Waals surface area contributed by atoms with Crippen molar-refractivity contribution in [3.63, 3.8) is 0 Å². The summed E-state index contributed by atoms with van der Waals surface area (Å²) in [6, 6.07) is 7.47. The second-order valence-electron chi connectivity index (χ2n) is 2.51. The molecule has 0 atom stereocenters. The maximum atomic E-state index is 8.48. The minimum Gasteiger partial charge on any atom is -0.495 e. The summed E-state index contributed by atoms with van der Waals surface area (Å²) in [5.74, 6) is 5.95. The number of anilines is 1. The average Bonchev–Trinajstić information content (AvgIpc) is 2.18. The van der Waals surface area contributed by atoms with Crippen LogP contribution in [-0.2, 0) is 6.42 Å². The number of ether oxygens (including phenoxy) is 1. The zero-order valence-electron chi connectivity index (χ0n) is 7.37. The summed E-state index contributed by atoms with van der Waals surface area (Å²) in [6.07, 6.45) is 0.374. The Bertz CT molecular complexity index is 330. The zero-order chi connectivity index (χ0) is 9.68. The van der Waals surface area contributed by atoms with Gasteiger partial charge < -0.3 is 10.2 Å². The molecule has 0 radical (unpaired) electrons. The van der Waals surface area contributed by atoms with Crippen LogP contribution in [0.2, 0.25) is 0 Å². The number of hydrogen-bond acceptors (Lipinski definition) is 4. The molecule has 0 aliphatic rings. The van der Waals surface area contributed by atoms with Gasteiger partial charge in [0.25, 0.3) is 0 Å². The van der Waals surface area contributed by atoms with Crippen LogP contribution in [0.5, 0.6) is 5.75 Å². The lowest BCUT2D eigenvalue weighted by Gasteiger charge is -2.08. The molecule has 0 aliphatic heterocycles. The fourth-order valence-corrected chi connectivity index (χ4v) is 1.07.